The molecular formula is C15H16N4O2S. The number of methoxy groups -OCH3 is 1. The lowest BCUT2D eigenvalue weighted by molar-refractivity contribution is 0.412. The number of aryl methyl sites for hydroxylation is 1. The van der Waals surface area contributed by atoms with Crippen molar-refractivity contribution in [1.29, 1.82) is 0 Å². The van der Waals surface area contributed by atoms with Gasteiger partial charge in [0.05, 0.1) is 19.3 Å². The van der Waals surface area contributed by atoms with E-state index >= 15 is 0 Å². The first-order chi connectivity index (χ1) is 10.7. The van der Waals surface area contributed by atoms with Gasteiger partial charge >= 0.3 is 0 Å². The highest BCUT2D eigenvalue weighted by atomic mass is 32.2. The molecule has 0 spiro atoms. The third kappa shape index (κ3) is 3.48. The zero-order valence-electron chi connectivity index (χ0n) is 12.4. The molecule has 7 heteroatoms. The maximum atomic E-state index is 5.66. The number of nitrogens with zero attached hydrogens (tertiary/aromatic N) is 4. The molecule has 22 heavy (non-hydrogen) atoms. The third-order valence-electron chi connectivity index (χ3n) is 3.18. The number of ether oxygens (including phenoxy) is 1. The van der Waals surface area contributed by atoms with Gasteiger partial charge in [0.25, 0.3) is 5.22 Å². The molecule has 3 aromatic rings. The van der Waals surface area contributed by atoms with Gasteiger partial charge in [0, 0.05) is 19.4 Å². The van der Waals surface area contributed by atoms with Gasteiger partial charge in [-0.3, -0.25) is 0 Å². The second-order valence-corrected chi connectivity index (χ2v) is 5.66. The molecule has 0 saturated heterocycles. The van der Waals surface area contributed by atoms with E-state index in [0.717, 1.165) is 17.1 Å². The molecule has 0 saturated carbocycles. The molecule has 1 aromatic carbocycles. The average Bonchev–Trinajstić information content (AvgIpc) is 3.14. The lowest BCUT2D eigenvalue weighted by Gasteiger charge is -2.01. The number of aromatic nitrogens is 4. The van der Waals surface area contributed by atoms with E-state index in [0.29, 0.717) is 23.3 Å². The molecular weight excluding hydrogens is 300 g/mol. The van der Waals surface area contributed by atoms with Crippen LogP contribution in [0.5, 0.6) is 5.75 Å². The Labute approximate surface area is 132 Å². The van der Waals surface area contributed by atoms with Crippen LogP contribution >= 0.6 is 11.8 Å². The van der Waals surface area contributed by atoms with Crippen LogP contribution in [0.1, 0.15) is 17.3 Å². The maximum absolute atomic E-state index is 5.66. The summed E-state index contributed by atoms with van der Waals surface area (Å²) in [6.07, 6.45) is 4.28. The Balaban J connectivity index is 1.62. The Morgan fingerprint density at radius 2 is 2.23 bits per heavy atom. The summed E-state index contributed by atoms with van der Waals surface area (Å²) in [6.45, 7) is 0. The van der Waals surface area contributed by atoms with Crippen LogP contribution in [0.25, 0.3) is 0 Å². The Morgan fingerprint density at radius 1 is 1.32 bits per heavy atom. The molecule has 0 bridgehead atoms. The van der Waals surface area contributed by atoms with Crippen molar-refractivity contribution in [2.75, 3.05) is 7.11 Å². The largest absolute Gasteiger partial charge is 0.497 e. The van der Waals surface area contributed by atoms with Crippen molar-refractivity contribution in [1.82, 2.24) is 19.7 Å². The predicted octanol–water partition coefficient (Wildman–Crippen LogP) is 2.69. The van der Waals surface area contributed by atoms with E-state index in [1.807, 2.05) is 42.1 Å². The van der Waals surface area contributed by atoms with E-state index in [1.54, 1.807) is 13.3 Å². The monoisotopic (exact) mass is 316 g/mol. The van der Waals surface area contributed by atoms with Crippen molar-refractivity contribution in [3.63, 3.8) is 0 Å². The zero-order chi connectivity index (χ0) is 15.4. The Morgan fingerprint density at radius 3 is 3.00 bits per heavy atom. The topological polar surface area (TPSA) is 66.0 Å². The summed E-state index contributed by atoms with van der Waals surface area (Å²) < 4.78 is 12.8. The highest BCUT2D eigenvalue weighted by molar-refractivity contribution is 7.98. The smallest absolute Gasteiger partial charge is 0.277 e. The third-order valence-corrected chi connectivity index (χ3v) is 4.00. The molecule has 0 aliphatic heterocycles. The normalized spacial score (nSPS) is 10.8. The summed E-state index contributed by atoms with van der Waals surface area (Å²) in [7, 11) is 3.61. The van der Waals surface area contributed by atoms with Crippen LogP contribution in [0.15, 0.2) is 46.3 Å². The molecule has 2 heterocycles. The minimum absolute atomic E-state index is 0.556. The highest BCUT2D eigenvalue weighted by Gasteiger charge is 2.09. The van der Waals surface area contributed by atoms with E-state index in [1.165, 1.54) is 11.8 Å². The van der Waals surface area contributed by atoms with Gasteiger partial charge in [0.15, 0.2) is 0 Å². The minimum Gasteiger partial charge on any atom is -0.497 e. The summed E-state index contributed by atoms with van der Waals surface area (Å²) in [5.74, 6) is 3.08. The maximum Gasteiger partial charge on any atom is 0.277 e. The Bertz CT molecular complexity index is 753. The summed E-state index contributed by atoms with van der Waals surface area (Å²) in [6, 6.07) is 7.82. The fraction of sp³-hybridized carbons (Fsp3) is 0.267. The van der Waals surface area contributed by atoms with E-state index in [2.05, 4.69) is 15.2 Å². The van der Waals surface area contributed by atoms with Gasteiger partial charge < -0.3 is 13.7 Å². The SMILES string of the molecule is COc1cccc(Cc2nnc(SCc3nccn3C)o2)c1. The molecule has 114 valence electrons. The van der Waals surface area contributed by atoms with Crippen LogP contribution in [0.2, 0.25) is 0 Å². The summed E-state index contributed by atoms with van der Waals surface area (Å²) in [5, 5.41) is 8.70. The van der Waals surface area contributed by atoms with Crippen LogP contribution in [-0.4, -0.2) is 26.9 Å². The fourth-order valence-electron chi connectivity index (χ4n) is 1.99. The molecule has 0 atom stereocenters. The van der Waals surface area contributed by atoms with Crippen molar-refractivity contribution >= 4 is 11.8 Å². The second kappa shape index (κ2) is 6.65. The predicted molar refractivity (Wildman–Crippen MR) is 82.9 cm³/mol. The fourth-order valence-corrected chi connectivity index (χ4v) is 2.77. The number of thioether (sulfide) groups is 1. The summed E-state index contributed by atoms with van der Waals surface area (Å²) >= 11 is 1.48. The first kappa shape index (κ1) is 14.6. The van der Waals surface area contributed by atoms with E-state index < -0.39 is 0 Å². The van der Waals surface area contributed by atoms with Crippen LogP contribution in [-0.2, 0) is 19.2 Å². The number of imidazole rings is 1. The van der Waals surface area contributed by atoms with Gasteiger partial charge in [0.1, 0.15) is 11.6 Å². The lowest BCUT2D eigenvalue weighted by atomic mass is 10.1. The minimum atomic E-state index is 0.556. The molecule has 0 fully saturated rings. The molecule has 0 N–H and O–H groups in total. The summed E-state index contributed by atoms with van der Waals surface area (Å²) in [5.41, 5.74) is 1.07. The molecule has 3 rings (SSSR count). The summed E-state index contributed by atoms with van der Waals surface area (Å²) in [4.78, 5) is 4.26. The van der Waals surface area contributed by atoms with Crippen molar-refractivity contribution in [2.45, 2.75) is 17.4 Å². The number of rotatable bonds is 6. The quantitative estimate of drug-likeness (QED) is 0.651. The highest BCUT2D eigenvalue weighted by Crippen LogP contribution is 2.22. The van der Waals surface area contributed by atoms with Crippen molar-refractivity contribution < 1.29 is 9.15 Å². The van der Waals surface area contributed by atoms with Gasteiger partial charge in [0.2, 0.25) is 5.89 Å². The van der Waals surface area contributed by atoms with Gasteiger partial charge in [-0.1, -0.05) is 23.9 Å². The molecule has 2 aromatic heterocycles. The molecule has 0 unspecified atom stereocenters. The van der Waals surface area contributed by atoms with E-state index in [-0.39, 0.29) is 0 Å². The van der Waals surface area contributed by atoms with Gasteiger partial charge in [-0.05, 0) is 17.7 Å². The van der Waals surface area contributed by atoms with Crippen LogP contribution in [0, 0.1) is 0 Å². The average molecular weight is 316 g/mol. The van der Waals surface area contributed by atoms with Gasteiger partial charge in [-0.15, -0.1) is 10.2 Å². The lowest BCUT2D eigenvalue weighted by Crippen LogP contribution is -1.94. The molecule has 6 nitrogen and oxygen atoms in total. The zero-order valence-corrected chi connectivity index (χ0v) is 13.2. The van der Waals surface area contributed by atoms with E-state index in [4.69, 9.17) is 9.15 Å². The van der Waals surface area contributed by atoms with E-state index in [9.17, 15) is 0 Å². The Kier molecular flexibility index (Phi) is 4.43. The molecule has 0 aliphatic carbocycles. The number of benzene rings is 1. The first-order valence-electron chi connectivity index (χ1n) is 6.79. The number of hydrogen-bond acceptors (Lipinski definition) is 6. The van der Waals surface area contributed by atoms with Gasteiger partial charge in [-0.25, -0.2) is 4.98 Å². The standard InChI is InChI=1S/C15H16N4O2S/c1-19-7-6-16-13(19)10-22-15-18-17-14(21-15)9-11-4-3-5-12(8-11)20-2/h3-8H,9-10H2,1-2H3. The Hall–Kier alpha value is -2.28. The van der Waals surface area contributed by atoms with Crippen LogP contribution < -0.4 is 4.74 Å². The van der Waals surface area contributed by atoms with Crippen molar-refractivity contribution in [3.8, 4) is 5.75 Å². The first-order valence-corrected chi connectivity index (χ1v) is 7.77. The number of hydrogen-bond donors (Lipinski definition) is 0. The van der Waals surface area contributed by atoms with Crippen molar-refractivity contribution in [2.24, 2.45) is 7.05 Å². The van der Waals surface area contributed by atoms with Crippen LogP contribution in [0.3, 0.4) is 0 Å². The van der Waals surface area contributed by atoms with Gasteiger partial charge in [-0.2, -0.15) is 0 Å². The second-order valence-electron chi connectivity index (χ2n) is 4.73. The molecule has 0 aliphatic rings. The molecule has 0 amide bonds. The van der Waals surface area contributed by atoms with Crippen LogP contribution in [0.4, 0.5) is 0 Å². The van der Waals surface area contributed by atoms with Crippen molar-refractivity contribution in [3.05, 3.63) is 53.9 Å². The molecule has 0 radical (unpaired) electrons.